The van der Waals surface area contributed by atoms with E-state index in [-0.39, 0.29) is 4.90 Å². The third-order valence-corrected chi connectivity index (χ3v) is 5.77. The lowest BCUT2D eigenvalue weighted by molar-refractivity contribution is 0.466. The minimum atomic E-state index is -3.43. The van der Waals surface area contributed by atoms with Crippen LogP contribution in [0.5, 0.6) is 0 Å². The van der Waals surface area contributed by atoms with Gasteiger partial charge in [-0.25, -0.2) is 8.42 Å². The highest BCUT2D eigenvalue weighted by atomic mass is 32.2. The molecule has 0 N–H and O–H groups in total. The number of aromatic nitrogens is 2. The zero-order valence-electron chi connectivity index (χ0n) is 11.5. The van der Waals surface area contributed by atoms with Gasteiger partial charge in [0.1, 0.15) is 0 Å². The Bertz CT molecular complexity index is 737. The number of nitrogens with zero attached hydrogens (tertiary/aromatic N) is 3. The number of benzene rings is 1. The van der Waals surface area contributed by atoms with E-state index in [0.29, 0.717) is 29.8 Å². The molecular weight excluding hydrogens is 310 g/mol. The third kappa shape index (κ3) is 2.83. The number of rotatable bonds is 4. The first-order chi connectivity index (χ1) is 10.1. The fraction of sp³-hybridized carbons (Fsp3) is 0.385. The summed E-state index contributed by atoms with van der Waals surface area (Å²) in [6, 6.07) is 6.65. The summed E-state index contributed by atoms with van der Waals surface area (Å²) in [7, 11) is -3.43. The zero-order chi connectivity index (χ0) is 14.9. The van der Waals surface area contributed by atoms with Gasteiger partial charge in [0.25, 0.3) is 5.22 Å². The number of sulfonamides is 1. The van der Waals surface area contributed by atoms with Crippen LogP contribution in [0.25, 0.3) is 11.5 Å². The highest BCUT2D eigenvalue weighted by Gasteiger charge is 2.27. The molecule has 8 heteroatoms. The summed E-state index contributed by atoms with van der Waals surface area (Å²) >= 11 is 1.35. The van der Waals surface area contributed by atoms with Crippen molar-refractivity contribution in [3.8, 4) is 11.5 Å². The normalized spacial score (nSPS) is 16.4. The van der Waals surface area contributed by atoms with Crippen molar-refractivity contribution in [2.45, 2.75) is 23.0 Å². The van der Waals surface area contributed by atoms with Gasteiger partial charge >= 0.3 is 0 Å². The van der Waals surface area contributed by atoms with Crippen LogP contribution in [0, 0.1) is 0 Å². The molecule has 1 saturated heterocycles. The lowest BCUT2D eigenvalue weighted by Gasteiger charge is -2.15. The van der Waals surface area contributed by atoms with Crippen LogP contribution >= 0.6 is 11.8 Å². The number of hydrogen-bond acceptors (Lipinski definition) is 6. The molecule has 2 heterocycles. The molecule has 1 aromatic carbocycles. The Labute approximate surface area is 127 Å². The van der Waals surface area contributed by atoms with Gasteiger partial charge in [0, 0.05) is 18.7 Å². The summed E-state index contributed by atoms with van der Waals surface area (Å²) in [5.74, 6) is 0.331. The van der Waals surface area contributed by atoms with Gasteiger partial charge in [-0.1, -0.05) is 17.8 Å². The van der Waals surface area contributed by atoms with Crippen molar-refractivity contribution in [1.29, 1.82) is 0 Å². The molecule has 1 fully saturated rings. The van der Waals surface area contributed by atoms with Crippen LogP contribution in [0.4, 0.5) is 0 Å². The van der Waals surface area contributed by atoms with Crippen molar-refractivity contribution in [2.75, 3.05) is 19.3 Å². The molecular formula is C13H15N3O3S2. The highest BCUT2D eigenvalue weighted by Crippen LogP contribution is 2.26. The van der Waals surface area contributed by atoms with Crippen LogP contribution in [-0.2, 0) is 10.0 Å². The van der Waals surface area contributed by atoms with Gasteiger partial charge in [-0.05, 0) is 37.3 Å². The molecule has 0 atom stereocenters. The monoisotopic (exact) mass is 325 g/mol. The van der Waals surface area contributed by atoms with Crippen molar-refractivity contribution in [3.63, 3.8) is 0 Å². The van der Waals surface area contributed by atoms with Crippen molar-refractivity contribution < 1.29 is 12.8 Å². The fourth-order valence-corrected chi connectivity index (χ4v) is 4.12. The second-order valence-corrected chi connectivity index (χ2v) is 7.41. The summed E-state index contributed by atoms with van der Waals surface area (Å²) in [6.07, 6.45) is 3.67. The van der Waals surface area contributed by atoms with Gasteiger partial charge in [0.15, 0.2) is 0 Å². The molecule has 3 rings (SSSR count). The Morgan fingerprint density at radius 1 is 1.24 bits per heavy atom. The van der Waals surface area contributed by atoms with Gasteiger partial charge in [0.2, 0.25) is 15.9 Å². The van der Waals surface area contributed by atoms with E-state index in [1.165, 1.54) is 16.1 Å². The van der Waals surface area contributed by atoms with Gasteiger partial charge in [0.05, 0.1) is 4.90 Å². The van der Waals surface area contributed by atoms with E-state index in [1.54, 1.807) is 24.3 Å². The van der Waals surface area contributed by atoms with Crippen molar-refractivity contribution in [3.05, 3.63) is 24.3 Å². The average Bonchev–Trinajstić information content (AvgIpc) is 3.19. The Kier molecular flexibility index (Phi) is 4.01. The quantitative estimate of drug-likeness (QED) is 0.803. The van der Waals surface area contributed by atoms with Crippen molar-refractivity contribution in [1.82, 2.24) is 14.5 Å². The molecule has 0 aliphatic carbocycles. The molecule has 2 aromatic rings. The molecule has 0 spiro atoms. The first kappa shape index (κ1) is 14.6. The summed E-state index contributed by atoms with van der Waals surface area (Å²) < 4.78 is 32.0. The smallest absolute Gasteiger partial charge is 0.276 e. The summed E-state index contributed by atoms with van der Waals surface area (Å²) in [5, 5.41) is 8.26. The van der Waals surface area contributed by atoms with Crippen molar-refractivity contribution in [2.24, 2.45) is 0 Å². The van der Waals surface area contributed by atoms with Crippen LogP contribution in [0.15, 0.2) is 38.8 Å². The Hall–Kier alpha value is -1.38. The molecule has 0 saturated carbocycles. The zero-order valence-corrected chi connectivity index (χ0v) is 13.2. The molecule has 112 valence electrons. The van der Waals surface area contributed by atoms with Crippen molar-refractivity contribution >= 4 is 21.8 Å². The van der Waals surface area contributed by atoms with E-state index in [0.717, 1.165) is 12.8 Å². The maximum Gasteiger partial charge on any atom is 0.276 e. The van der Waals surface area contributed by atoms with E-state index >= 15 is 0 Å². The van der Waals surface area contributed by atoms with Gasteiger partial charge in [-0.3, -0.25) is 0 Å². The SMILES string of the molecule is CSc1nnc(-c2cccc(S(=O)(=O)N3CCCC3)c2)o1. The third-order valence-electron chi connectivity index (χ3n) is 3.36. The van der Waals surface area contributed by atoms with E-state index < -0.39 is 10.0 Å². The summed E-state index contributed by atoms with van der Waals surface area (Å²) in [5.41, 5.74) is 0.614. The van der Waals surface area contributed by atoms with Crippen LogP contribution in [0.1, 0.15) is 12.8 Å². The maximum absolute atomic E-state index is 12.5. The fourth-order valence-electron chi connectivity index (χ4n) is 2.28. The highest BCUT2D eigenvalue weighted by molar-refractivity contribution is 7.98. The molecule has 1 aliphatic heterocycles. The lowest BCUT2D eigenvalue weighted by atomic mass is 10.2. The second-order valence-electron chi connectivity index (χ2n) is 4.72. The minimum Gasteiger partial charge on any atom is -0.411 e. The maximum atomic E-state index is 12.5. The van der Waals surface area contributed by atoms with Crippen LogP contribution in [-0.4, -0.2) is 42.3 Å². The Morgan fingerprint density at radius 2 is 2.00 bits per heavy atom. The van der Waals surface area contributed by atoms with E-state index in [4.69, 9.17) is 4.42 Å². The van der Waals surface area contributed by atoms with Crippen LogP contribution in [0.3, 0.4) is 0 Å². The Balaban J connectivity index is 1.96. The molecule has 0 unspecified atom stereocenters. The molecule has 0 amide bonds. The molecule has 1 aliphatic rings. The Morgan fingerprint density at radius 3 is 2.67 bits per heavy atom. The van der Waals surface area contributed by atoms with E-state index in [2.05, 4.69) is 10.2 Å². The van der Waals surface area contributed by atoms with E-state index in [9.17, 15) is 8.42 Å². The number of thioether (sulfide) groups is 1. The summed E-state index contributed by atoms with van der Waals surface area (Å²) in [6.45, 7) is 1.17. The predicted molar refractivity (Wildman–Crippen MR) is 79.5 cm³/mol. The van der Waals surface area contributed by atoms with Crippen LogP contribution < -0.4 is 0 Å². The average molecular weight is 325 g/mol. The minimum absolute atomic E-state index is 0.269. The first-order valence-electron chi connectivity index (χ1n) is 6.59. The molecule has 0 bridgehead atoms. The largest absolute Gasteiger partial charge is 0.411 e. The lowest BCUT2D eigenvalue weighted by Crippen LogP contribution is -2.27. The predicted octanol–water partition coefficient (Wildman–Crippen LogP) is 2.24. The number of hydrogen-bond donors (Lipinski definition) is 0. The molecule has 1 aromatic heterocycles. The first-order valence-corrected chi connectivity index (χ1v) is 9.26. The van der Waals surface area contributed by atoms with Gasteiger partial charge in [-0.15, -0.1) is 10.2 Å². The molecule has 6 nitrogen and oxygen atoms in total. The second kappa shape index (κ2) is 5.78. The van der Waals surface area contributed by atoms with E-state index in [1.807, 2.05) is 6.26 Å². The molecule has 21 heavy (non-hydrogen) atoms. The topological polar surface area (TPSA) is 76.3 Å². The van der Waals surface area contributed by atoms with Gasteiger partial charge in [-0.2, -0.15) is 4.31 Å². The standard InChI is InChI=1S/C13H15N3O3S2/c1-20-13-15-14-12(19-13)10-5-4-6-11(9-10)21(17,18)16-7-2-3-8-16/h4-6,9H,2-3,7-8H2,1H3. The summed E-state index contributed by atoms with van der Waals surface area (Å²) in [4.78, 5) is 0.269. The van der Waals surface area contributed by atoms with Crippen LogP contribution in [0.2, 0.25) is 0 Å². The molecule has 0 radical (unpaired) electrons. The van der Waals surface area contributed by atoms with Gasteiger partial charge < -0.3 is 4.42 Å².